The number of nitrogens with zero attached hydrogens (tertiary/aromatic N) is 5. The van der Waals surface area contributed by atoms with E-state index in [0.717, 1.165) is 32.5 Å². The third kappa shape index (κ3) is 4.12. The van der Waals surface area contributed by atoms with Gasteiger partial charge in [-0.3, -0.25) is 9.48 Å². The molecule has 8 heteroatoms. The van der Waals surface area contributed by atoms with Crippen LogP contribution in [0.25, 0.3) is 11.0 Å². The molecule has 0 unspecified atom stereocenters. The van der Waals surface area contributed by atoms with E-state index in [2.05, 4.69) is 54.6 Å². The number of carbonyl (C=O) groups excluding carboxylic acids is 1. The van der Waals surface area contributed by atoms with E-state index in [1.54, 1.807) is 4.68 Å². The molecule has 158 valence electrons. The Morgan fingerprint density at radius 3 is 2.65 bits per heavy atom. The molecular formula is C23H23BrN6O. The maximum absolute atomic E-state index is 12.7. The van der Waals surface area contributed by atoms with Crippen LogP contribution in [0.3, 0.4) is 0 Å². The number of aromatic nitrogens is 5. The topological polar surface area (TPSA) is 77.6 Å². The fourth-order valence-corrected chi connectivity index (χ4v) is 4.23. The molecule has 1 fully saturated rings. The SMILES string of the molecule is Cc1nn(CC(=O)Nc2cc(C)n(Cc3ccc(Br)cc3)n2)c2nccc(C3CC3)c12. The molecule has 1 aliphatic carbocycles. The van der Waals surface area contributed by atoms with Crippen molar-refractivity contribution in [2.45, 2.75) is 45.7 Å². The minimum atomic E-state index is -0.170. The summed E-state index contributed by atoms with van der Waals surface area (Å²) in [6.07, 6.45) is 4.25. The Kier molecular flexibility index (Phi) is 5.09. The second kappa shape index (κ2) is 7.92. The number of benzene rings is 1. The van der Waals surface area contributed by atoms with E-state index in [1.165, 1.54) is 18.4 Å². The molecule has 1 saturated carbocycles. The third-order valence-electron chi connectivity index (χ3n) is 5.65. The average molecular weight is 479 g/mol. The Morgan fingerprint density at radius 2 is 1.90 bits per heavy atom. The van der Waals surface area contributed by atoms with E-state index < -0.39 is 0 Å². The van der Waals surface area contributed by atoms with Crippen LogP contribution in [0.2, 0.25) is 0 Å². The third-order valence-corrected chi connectivity index (χ3v) is 6.17. The molecule has 1 amide bonds. The van der Waals surface area contributed by atoms with E-state index in [9.17, 15) is 4.79 Å². The molecule has 0 saturated heterocycles. The molecule has 0 aliphatic heterocycles. The maximum atomic E-state index is 12.7. The minimum Gasteiger partial charge on any atom is -0.308 e. The molecule has 0 radical (unpaired) electrons. The molecular weight excluding hydrogens is 456 g/mol. The molecule has 31 heavy (non-hydrogen) atoms. The summed E-state index contributed by atoms with van der Waals surface area (Å²) in [6.45, 7) is 4.71. The van der Waals surface area contributed by atoms with Gasteiger partial charge in [0.25, 0.3) is 0 Å². The monoisotopic (exact) mass is 478 g/mol. The highest BCUT2D eigenvalue weighted by Crippen LogP contribution is 2.43. The second-order valence-corrected chi connectivity index (χ2v) is 9.04. The number of nitrogens with one attached hydrogen (secondary N) is 1. The van der Waals surface area contributed by atoms with Gasteiger partial charge in [0, 0.05) is 27.8 Å². The van der Waals surface area contributed by atoms with Crippen molar-refractivity contribution in [1.29, 1.82) is 0 Å². The van der Waals surface area contributed by atoms with E-state index >= 15 is 0 Å². The van der Waals surface area contributed by atoms with Gasteiger partial charge in [-0.25, -0.2) is 9.67 Å². The molecule has 0 spiro atoms. The summed E-state index contributed by atoms with van der Waals surface area (Å²) in [7, 11) is 0. The molecule has 3 heterocycles. The lowest BCUT2D eigenvalue weighted by Gasteiger charge is -2.05. The van der Waals surface area contributed by atoms with Gasteiger partial charge in [0.1, 0.15) is 6.54 Å². The smallest absolute Gasteiger partial charge is 0.247 e. The highest BCUT2D eigenvalue weighted by Gasteiger charge is 2.27. The van der Waals surface area contributed by atoms with Gasteiger partial charge < -0.3 is 5.32 Å². The quantitative estimate of drug-likeness (QED) is 0.440. The Balaban J connectivity index is 1.31. The van der Waals surface area contributed by atoms with Crippen molar-refractivity contribution < 1.29 is 4.79 Å². The molecule has 0 atom stereocenters. The minimum absolute atomic E-state index is 0.101. The highest BCUT2D eigenvalue weighted by atomic mass is 79.9. The number of halogens is 1. The van der Waals surface area contributed by atoms with Gasteiger partial charge in [0.15, 0.2) is 11.5 Å². The Morgan fingerprint density at radius 1 is 1.13 bits per heavy atom. The van der Waals surface area contributed by atoms with Crippen LogP contribution < -0.4 is 5.32 Å². The van der Waals surface area contributed by atoms with Crippen LogP contribution in [-0.2, 0) is 17.9 Å². The van der Waals surface area contributed by atoms with E-state index in [1.807, 2.05) is 42.9 Å². The number of anilines is 1. The number of hydrogen-bond acceptors (Lipinski definition) is 4. The van der Waals surface area contributed by atoms with Crippen molar-refractivity contribution in [2.75, 3.05) is 5.32 Å². The van der Waals surface area contributed by atoms with Crippen LogP contribution in [0, 0.1) is 13.8 Å². The average Bonchev–Trinajstić information content (AvgIpc) is 3.47. The first-order valence-corrected chi connectivity index (χ1v) is 11.2. The van der Waals surface area contributed by atoms with Crippen LogP contribution in [0.5, 0.6) is 0 Å². The first-order valence-electron chi connectivity index (χ1n) is 10.4. The van der Waals surface area contributed by atoms with Crippen LogP contribution in [0.4, 0.5) is 5.82 Å². The Hall–Kier alpha value is -3.00. The van der Waals surface area contributed by atoms with Gasteiger partial charge in [0.2, 0.25) is 5.91 Å². The predicted octanol–water partition coefficient (Wildman–Crippen LogP) is 4.57. The van der Waals surface area contributed by atoms with Gasteiger partial charge in [-0.05, 0) is 61.9 Å². The van der Waals surface area contributed by atoms with Gasteiger partial charge in [0.05, 0.1) is 12.2 Å². The zero-order valence-corrected chi connectivity index (χ0v) is 19.1. The molecule has 4 aromatic rings. The predicted molar refractivity (Wildman–Crippen MR) is 123 cm³/mol. The van der Waals surface area contributed by atoms with Crippen molar-refractivity contribution in [3.63, 3.8) is 0 Å². The fraction of sp³-hybridized carbons (Fsp3) is 0.304. The van der Waals surface area contributed by atoms with Crippen molar-refractivity contribution in [2.24, 2.45) is 0 Å². The zero-order chi connectivity index (χ0) is 21.5. The molecule has 5 rings (SSSR count). The molecule has 1 aliphatic rings. The number of fused-ring (bicyclic) bond motifs is 1. The number of carbonyl (C=O) groups is 1. The standard InChI is InChI=1S/C23H23BrN6O/c1-14-11-20(28-29(14)12-16-3-7-18(24)8-4-16)26-21(31)13-30-23-22(15(2)27-30)19(9-10-25-23)17-5-6-17/h3-4,7-11,17H,5-6,12-13H2,1-2H3,(H,26,28,31). The van der Waals surface area contributed by atoms with Gasteiger partial charge in [-0.15, -0.1) is 0 Å². The summed E-state index contributed by atoms with van der Waals surface area (Å²) in [5, 5.41) is 13.1. The molecule has 7 nitrogen and oxygen atoms in total. The summed E-state index contributed by atoms with van der Waals surface area (Å²) >= 11 is 3.45. The lowest BCUT2D eigenvalue weighted by Crippen LogP contribution is -2.20. The number of pyridine rings is 1. The first-order chi connectivity index (χ1) is 15.0. The van der Waals surface area contributed by atoms with E-state index in [-0.39, 0.29) is 12.5 Å². The largest absolute Gasteiger partial charge is 0.308 e. The molecule has 3 aromatic heterocycles. The van der Waals surface area contributed by atoms with Crippen LogP contribution in [-0.4, -0.2) is 30.5 Å². The van der Waals surface area contributed by atoms with Crippen molar-refractivity contribution in [1.82, 2.24) is 24.5 Å². The van der Waals surface area contributed by atoms with Gasteiger partial charge >= 0.3 is 0 Å². The Bertz CT molecular complexity index is 1270. The first kappa shape index (κ1) is 19.9. The second-order valence-electron chi connectivity index (χ2n) is 8.12. The Labute approximate surface area is 188 Å². The number of amides is 1. The maximum Gasteiger partial charge on any atom is 0.247 e. The van der Waals surface area contributed by atoms with E-state index in [0.29, 0.717) is 18.3 Å². The molecule has 1 aromatic carbocycles. The lowest BCUT2D eigenvalue weighted by molar-refractivity contribution is -0.116. The summed E-state index contributed by atoms with van der Waals surface area (Å²) in [4.78, 5) is 17.2. The number of rotatable bonds is 6. The highest BCUT2D eigenvalue weighted by molar-refractivity contribution is 9.10. The van der Waals surface area contributed by atoms with Gasteiger partial charge in [-0.2, -0.15) is 10.2 Å². The zero-order valence-electron chi connectivity index (χ0n) is 17.5. The van der Waals surface area contributed by atoms with Crippen LogP contribution in [0.15, 0.2) is 47.1 Å². The van der Waals surface area contributed by atoms with Crippen LogP contribution in [0.1, 0.15) is 41.3 Å². The lowest BCUT2D eigenvalue weighted by atomic mass is 10.1. The number of aryl methyl sites for hydroxylation is 2. The number of hydrogen-bond donors (Lipinski definition) is 1. The fourth-order valence-electron chi connectivity index (χ4n) is 3.97. The van der Waals surface area contributed by atoms with Crippen molar-refractivity contribution in [3.8, 4) is 0 Å². The summed E-state index contributed by atoms with van der Waals surface area (Å²) < 4.78 is 4.62. The normalized spacial score (nSPS) is 13.6. The van der Waals surface area contributed by atoms with Crippen LogP contribution >= 0.6 is 15.9 Å². The molecule has 0 bridgehead atoms. The summed E-state index contributed by atoms with van der Waals surface area (Å²) in [5.74, 6) is 0.976. The van der Waals surface area contributed by atoms with Gasteiger partial charge in [-0.1, -0.05) is 28.1 Å². The van der Waals surface area contributed by atoms with E-state index in [4.69, 9.17) is 0 Å². The van der Waals surface area contributed by atoms with Crippen molar-refractivity contribution in [3.05, 3.63) is 69.6 Å². The summed E-state index contributed by atoms with van der Waals surface area (Å²) in [5.41, 5.74) is 5.12. The van der Waals surface area contributed by atoms with Crippen molar-refractivity contribution >= 4 is 38.7 Å². The summed E-state index contributed by atoms with van der Waals surface area (Å²) in [6, 6.07) is 12.1. The molecule has 1 N–H and O–H groups in total.